The highest BCUT2D eigenvalue weighted by atomic mass is 19.1. The number of ether oxygens (including phenoxy) is 2. The summed E-state index contributed by atoms with van der Waals surface area (Å²) < 4.78 is 26.2. The standard InChI is InChI=1S/C16H27FN2O4/c1-22-14(21)15-4-5-18-9-16(15,17)11-19(10-15)6-13-3-2-12(7-20)8-23-13/h12-13,18,20H,2-11H2,1H3/t12?,13?,15-,16-/m0/s1. The van der Waals surface area contributed by atoms with Gasteiger partial charge in [-0.2, -0.15) is 0 Å². The Morgan fingerprint density at radius 3 is 2.96 bits per heavy atom. The molecule has 132 valence electrons. The number of piperidine rings is 1. The number of aliphatic hydroxyl groups is 1. The maximum Gasteiger partial charge on any atom is 0.316 e. The molecule has 3 aliphatic heterocycles. The smallest absolute Gasteiger partial charge is 0.316 e. The number of alkyl halides is 1. The highest BCUT2D eigenvalue weighted by molar-refractivity contribution is 5.79. The van der Waals surface area contributed by atoms with E-state index in [0.717, 1.165) is 12.8 Å². The predicted molar refractivity (Wildman–Crippen MR) is 81.8 cm³/mol. The van der Waals surface area contributed by atoms with Crippen LogP contribution in [0.3, 0.4) is 0 Å². The number of methoxy groups -OCH3 is 1. The number of hydrogen-bond donors (Lipinski definition) is 2. The summed E-state index contributed by atoms with van der Waals surface area (Å²) in [4.78, 5) is 14.3. The molecule has 7 heteroatoms. The van der Waals surface area contributed by atoms with Gasteiger partial charge in [-0.3, -0.25) is 9.69 Å². The first-order chi connectivity index (χ1) is 11.0. The van der Waals surface area contributed by atoms with Crippen molar-refractivity contribution in [3.63, 3.8) is 0 Å². The number of carbonyl (C=O) groups excluding carboxylic acids is 1. The highest BCUT2D eigenvalue weighted by Crippen LogP contribution is 2.47. The third-order valence-corrected chi connectivity index (χ3v) is 5.72. The molecule has 3 fully saturated rings. The van der Waals surface area contributed by atoms with Gasteiger partial charge in [0.2, 0.25) is 0 Å². The Hall–Kier alpha value is -0.760. The number of nitrogens with one attached hydrogen (secondary N) is 1. The molecule has 0 bridgehead atoms. The van der Waals surface area contributed by atoms with Gasteiger partial charge in [-0.15, -0.1) is 0 Å². The molecule has 3 rings (SSSR count). The van der Waals surface area contributed by atoms with E-state index in [2.05, 4.69) is 5.32 Å². The number of halogens is 1. The normalized spacial score (nSPS) is 41.5. The lowest BCUT2D eigenvalue weighted by Gasteiger charge is -2.40. The van der Waals surface area contributed by atoms with Crippen molar-refractivity contribution in [1.82, 2.24) is 10.2 Å². The van der Waals surface area contributed by atoms with Gasteiger partial charge < -0.3 is 19.9 Å². The Bertz CT molecular complexity index is 444. The number of nitrogens with zero attached hydrogens (tertiary/aromatic N) is 1. The largest absolute Gasteiger partial charge is 0.468 e. The van der Waals surface area contributed by atoms with Crippen LogP contribution in [-0.4, -0.2) is 80.8 Å². The SMILES string of the molecule is COC(=O)[C@@]12CCNC[C@]1(F)CN(CC1CCC(CO)CO1)C2. The number of aliphatic hydroxyl groups excluding tert-OH is 1. The Kier molecular flexibility index (Phi) is 4.92. The maximum absolute atomic E-state index is 15.5. The van der Waals surface area contributed by atoms with Gasteiger partial charge >= 0.3 is 5.97 Å². The van der Waals surface area contributed by atoms with Gasteiger partial charge in [0.1, 0.15) is 5.41 Å². The zero-order chi connectivity index (χ0) is 16.5. The quantitative estimate of drug-likeness (QED) is 0.705. The van der Waals surface area contributed by atoms with Crippen LogP contribution < -0.4 is 5.32 Å². The number of hydrogen-bond acceptors (Lipinski definition) is 6. The predicted octanol–water partition coefficient (Wildman–Crippen LogP) is -0.0495. The minimum atomic E-state index is -1.58. The fraction of sp³-hybridized carbons (Fsp3) is 0.938. The van der Waals surface area contributed by atoms with E-state index in [4.69, 9.17) is 14.6 Å². The van der Waals surface area contributed by atoms with E-state index in [-0.39, 0.29) is 31.7 Å². The molecule has 0 saturated carbocycles. The van der Waals surface area contributed by atoms with Crippen molar-refractivity contribution in [3.8, 4) is 0 Å². The van der Waals surface area contributed by atoms with Crippen molar-refractivity contribution in [2.75, 3.05) is 53.0 Å². The van der Waals surface area contributed by atoms with E-state index in [9.17, 15) is 4.79 Å². The molecule has 0 aromatic heterocycles. The first kappa shape index (κ1) is 17.1. The summed E-state index contributed by atoms with van der Waals surface area (Å²) in [6.07, 6.45) is 2.30. The van der Waals surface area contributed by atoms with Crippen molar-refractivity contribution in [2.24, 2.45) is 11.3 Å². The van der Waals surface area contributed by atoms with Gasteiger partial charge in [0.25, 0.3) is 0 Å². The van der Waals surface area contributed by atoms with Crippen LogP contribution in [0.25, 0.3) is 0 Å². The summed E-state index contributed by atoms with van der Waals surface area (Å²) in [5.41, 5.74) is -2.64. The van der Waals surface area contributed by atoms with Gasteiger partial charge in [-0.1, -0.05) is 0 Å². The summed E-state index contributed by atoms with van der Waals surface area (Å²) >= 11 is 0. The first-order valence-corrected chi connectivity index (χ1v) is 8.46. The van der Waals surface area contributed by atoms with Crippen LogP contribution >= 0.6 is 0 Å². The van der Waals surface area contributed by atoms with Crippen LogP contribution in [-0.2, 0) is 14.3 Å². The van der Waals surface area contributed by atoms with Crippen molar-refractivity contribution in [3.05, 3.63) is 0 Å². The molecule has 3 heterocycles. The summed E-state index contributed by atoms with van der Waals surface area (Å²) in [5, 5.41) is 12.2. The zero-order valence-electron chi connectivity index (χ0n) is 13.7. The Morgan fingerprint density at radius 1 is 1.48 bits per heavy atom. The third-order valence-electron chi connectivity index (χ3n) is 5.72. The fourth-order valence-electron chi connectivity index (χ4n) is 4.31. The summed E-state index contributed by atoms with van der Waals surface area (Å²) in [6.45, 7) is 2.78. The first-order valence-electron chi connectivity index (χ1n) is 8.46. The second-order valence-corrected chi connectivity index (χ2v) is 7.22. The zero-order valence-corrected chi connectivity index (χ0v) is 13.7. The lowest BCUT2D eigenvalue weighted by atomic mass is 9.71. The van der Waals surface area contributed by atoms with E-state index >= 15 is 4.39 Å². The molecule has 0 radical (unpaired) electrons. The topological polar surface area (TPSA) is 71.0 Å². The highest BCUT2D eigenvalue weighted by Gasteiger charge is 2.64. The number of fused-ring (bicyclic) bond motifs is 1. The summed E-state index contributed by atoms with van der Waals surface area (Å²) in [7, 11) is 1.33. The second-order valence-electron chi connectivity index (χ2n) is 7.22. The monoisotopic (exact) mass is 330 g/mol. The minimum Gasteiger partial charge on any atom is -0.468 e. The molecule has 4 atom stereocenters. The van der Waals surface area contributed by atoms with Crippen molar-refractivity contribution in [2.45, 2.75) is 31.0 Å². The fourth-order valence-corrected chi connectivity index (χ4v) is 4.31. The Morgan fingerprint density at radius 2 is 2.30 bits per heavy atom. The molecule has 0 aromatic rings. The number of rotatable bonds is 4. The van der Waals surface area contributed by atoms with Gasteiger partial charge in [-0.05, 0) is 25.8 Å². The summed E-state index contributed by atoms with van der Waals surface area (Å²) in [6, 6.07) is 0. The van der Waals surface area contributed by atoms with Crippen molar-refractivity contribution in [1.29, 1.82) is 0 Å². The number of esters is 1. The molecule has 2 N–H and O–H groups in total. The molecule has 0 aliphatic carbocycles. The Labute approximate surface area is 136 Å². The summed E-state index contributed by atoms with van der Waals surface area (Å²) in [5.74, 6) is -0.223. The molecular weight excluding hydrogens is 303 g/mol. The van der Waals surface area contributed by atoms with E-state index < -0.39 is 17.1 Å². The van der Waals surface area contributed by atoms with Crippen LogP contribution in [0.1, 0.15) is 19.3 Å². The average Bonchev–Trinajstić information content (AvgIpc) is 2.87. The maximum atomic E-state index is 15.5. The van der Waals surface area contributed by atoms with E-state index in [1.807, 2.05) is 4.90 Å². The van der Waals surface area contributed by atoms with E-state index in [0.29, 0.717) is 32.7 Å². The lowest BCUT2D eigenvalue weighted by Crippen LogP contribution is -2.60. The van der Waals surface area contributed by atoms with E-state index in [1.165, 1.54) is 7.11 Å². The average molecular weight is 330 g/mol. The molecule has 23 heavy (non-hydrogen) atoms. The van der Waals surface area contributed by atoms with Crippen molar-refractivity contribution >= 4 is 5.97 Å². The lowest BCUT2D eigenvalue weighted by molar-refractivity contribution is -0.162. The molecule has 6 nitrogen and oxygen atoms in total. The molecule has 2 unspecified atom stereocenters. The number of carbonyl (C=O) groups is 1. The van der Waals surface area contributed by atoms with Gasteiger partial charge in [0, 0.05) is 38.7 Å². The third kappa shape index (κ3) is 2.99. The molecule has 0 spiro atoms. The van der Waals surface area contributed by atoms with Gasteiger partial charge in [0.05, 0.1) is 19.8 Å². The molecule has 0 amide bonds. The Balaban J connectivity index is 1.66. The molecule has 3 aliphatic rings. The van der Waals surface area contributed by atoms with Crippen LogP contribution in [0.5, 0.6) is 0 Å². The molecule has 3 saturated heterocycles. The van der Waals surface area contributed by atoms with Crippen molar-refractivity contribution < 1.29 is 23.8 Å². The number of likely N-dealkylation sites (tertiary alicyclic amines) is 1. The van der Waals surface area contributed by atoms with Crippen LogP contribution in [0.4, 0.5) is 4.39 Å². The second kappa shape index (κ2) is 6.63. The van der Waals surface area contributed by atoms with Crippen LogP contribution in [0.15, 0.2) is 0 Å². The molecular formula is C16H27FN2O4. The molecule has 0 aromatic carbocycles. The van der Waals surface area contributed by atoms with Gasteiger partial charge in [-0.25, -0.2) is 4.39 Å². The van der Waals surface area contributed by atoms with Crippen LogP contribution in [0.2, 0.25) is 0 Å². The van der Waals surface area contributed by atoms with Gasteiger partial charge in [0.15, 0.2) is 5.67 Å². The van der Waals surface area contributed by atoms with Crippen LogP contribution in [0, 0.1) is 11.3 Å². The minimum absolute atomic E-state index is 0.0456. The van der Waals surface area contributed by atoms with E-state index in [1.54, 1.807) is 0 Å².